The molecule has 2 amide bonds. The van der Waals surface area contributed by atoms with E-state index < -0.39 is 5.25 Å². The average Bonchev–Trinajstić information content (AvgIpc) is 3.26. The van der Waals surface area contributed by atoms with Crippen LogP contribution in [0.1, 0.15) is 23.6 Å². The van der Waals surface area contributed by atoms with Crippen molar-refractivity contribution in [2.24, 2.45) is 0 Å². The highest BCUT2D eigenvalue weighted by molar-refractivity contribution is 8.01. The van der Waals surface area contributed by atoms with Gasteiger partial charge in [-0.1, -0.05) is 48.5 Å². The van der Waals surface area contributed by atoms with E-state index in [1.165, 1.54) is 11.8 Å². The Bertz CT molecular complexity index is 1250. The molecule has 5 rings (SSSR count). The van der Waals surface area contributed by atoms with E-state index >= 15 is 0 Å². The van der Waals surface area contributed by atoms with Crippen molar-refractivity contribution >= 4 is 40.3 Å². The molecular weight excluding hydrogens is 408 g/mol. The molecule has 0 bridgehead atoms. The molecule has 0 saturated heterocycles. The summed E-state index contributed by atoms with van der Waals surface area (Å²) >= 11 is 1.43. The van der Waals surface area contributed by atoms with Gasteiger partial charge in [-0.3, -0.25) is 9.59 Å². The molecule has 7 heteroatoms. The lowest BCUT2D eigenvalue weighted by atomic mass is 9.98. The Morgan fingerprint density at radius 2 is 1.84 bits per heavy atom. The van der Waals surface area contributed by atoms with Crippen molar-refractivity contribution in [1.82, 2.24) is 15.3 Å². The van der Waals surface area contributed by atoms with Crippen LogP contribution in [0.15, 0.2) is 84.0 Å². The molecule has 1 aliphatic rings. The maximum Gasteiger partial charge on any atom is 0.238 e. The van der Waals surface area contributed by atoms with Gasteiger partial charge in [-0.05, 0) is 35.4 Å². The maximum absolute atomic E-state index is 13.0. The zero-order chi connectivity index (χ0) is 21.2. The van der Waals surface area contributed by atoms with E-state index in [-0.39, 0.29) is 24.3 Å². The highest BCUT2D eigenvalue weighted by Gasteiger charge is 2.29. The first-order valence-corrected chi connectivity index (χ1v) is 10.9. The van der Waals surface area contributed by atoms with E-state index in [1.807, 2.05) is 72.8 Å². The van der Waals surface area contributed by atoms with E-state index in [0.717, 1.165) is 32.7 Å². The van der Waals surface area contributed by atoms with E-state index in [1.54, 1.807) is 6.33 Å². The summed E-state index contributed by atoms with van der Waals surface area (Å²) < 4.78 is 0. The van der Waals surface area contributed by atoms with E-state index in [0.29, 0.717) is 0 Å². The molecule has 6 nitrogen and oxygen atoms in total. The third kappa shape index (κ3) is 4.04. The van der Waals surface area contributed by atoms with Gasteiger partial charge in [-0.2, -0.15) is 0 Å². The zero-order valence-electron chi connectivity index (χ0n) is 16.5. The second-order valence-corrected chi connectivity index (χ2v) is 8.63. The maximum atomic E-state index is 13.0. The number of thioether (sulfide) groups is 1. The fraction of sp³-hybridized carbons (Fsp3) is 0.125. The minimum Gasteiger partial charge on any atom is -0.345 e. The van der Waals surface area contributed by atoms with Crippen LogP contribution in [0.5, 0.6) is 0 Å². The number of nitrogens with zero attached hydrogens (tertiary/aromatic N) is 1. The number of aromatic amines is 1. The minimum atomic E-state index is -0.471. The van der Waals surface area contributed by atoms with Crippen LogP contribution in [0.25, 0.3) is 11.0 Å². The van der Waals surface area contributed by atoms with Gasteiger partial charge in [0.2, 0.25) is 11.8 Å². The van der Waals surface area contributed by atoms with Gasteiger partial charge in [-0.15, -0.1) is 11.8 Å². The van der Waals surface area contributed by atoms with Crippen LogP contribution in [-0.2, 0) is 9.59 Å². The molecule has 0 aliphatic carbocycles. The molecule has 4 aromatic rings. The first-order valence-electron chi connectivity index (χ1n) is 10.0. The van der Waals surface area contributed by atoms with Crippen molar-refractivity contribution in [3.8, 4) is 0 Å². The first-order chi connectivity index (χ1) is 15.2. The van der Waals surface area contributed by atoms with Crippen molar-refractivity contribution < 1.29 is 9.59 Å². The lowest BCUT2D eigenvalue weighted by Crippen LogP contribution is -2.36. The summed E-state index contributed by atoms with van der Waals surface area (Å²) in [6.07, 6.45) is 1.75. The molecule has 1 aromatic heterocycles. The number of carbonyl (C=O) groups excluding carboxylic acids is 2. The topological polar surface area (TPSA) is 86.9 Å². The molecule has 3 aromatic carbocycles. The predicted octanol–water partition coefficient (Wildman–Crippen LogP) is 4.27. The van der Waals surface area contributed by atoms with Gasteiger partial charge in [0.15, 0.2) is 0 Å². The summed E-state index contributed by atoms with van der Waals surface area (Å²) in [5, 5.41) is 5.56. The molecule has 0 radical (unpaired) electrons. The molecule has 154 valence electrons. The first kappa shape index (κ1) is 19.4. The predicted molar refractivity (Wildman–Crippen MR) is 122 cm³/mol. The number of imidazole rings is 1. The molecule has 1 aliphatic heterocycles. The SMILES string of the molecule is O=C(C[C@H]1Sc2ccccc2NC1=O)N[C@@H](c1ccccc1)c1ccc2nc[nH]c2c1. The third-order valence-corrected chi connectivity index (χ3v) is 6.57. The van der Waals surface area contributed by atoms with Gasteiger partial charge in [0.1, 0.15) is 0 Å². The van der Waals surface area contributed by atoms with Gasteiger partial charge < -0.3 is 15.6 Å². The highest BCUT2D eigenvalue weighted by atomic mass is 32.2. The molecule has 2 heterocycles. The summed E-state index contributed by atoms with van der Waals surface area (Å²) in [5.41, 5.74) is 4.50. The summed E-state index contributed by atoms with van der Waals surface area (Å²) in [4.78, 5) is 33.9. The summed E-state index contributed by atoms with van der Waals surface area (Å²) in [7, 11) is 0. The van der Waals surface area contributed by atoms with Crippen molar-refractivity contribution in [3.63, 3.8) is 0 Å². The van der Waals surface area contributed by atoms with Gasteiger partial charge in [0.25, 0.3) is 0 Å². The number of rotatable bonds is 5. The van der Waals surface area contributed by atoms with E-state index in [9.17, 15) is 9.59 Å². The van der Waals surface area contributed by atoms with Crippen molar-refractivity contribution in [1.29, 1.82) is 0 Å². The van der Waals surface area contributed by atoms with Crippen molar-refractivity contribution in [2.45, 2.75) is 22.6 Å². The van der Waals surface area contributed by atoms with E-state index in [4.69, 9.17) is 0 Å². The lowest BCUT2D eigenvalue weighted by Gasteiger charge is -2.25. The van der Waals surface area contributed by atoms with Crippen LogP contribution in [0.4, 0.5) is 5.69 Å². The summed E-state index contributed by atoms with van der Waals surface area (Å²) in [6.45, 7) is 0. The number of H-pyrrole nitrogens is 1. The smallest absolute Gasteiger partial charge is 0.238 e. The van der Waals surface area contributed by atoms with Gasteiger partial charge in [-0.25, -0.2) is 4.98 Å². The minimum absolute atomic E-state index is 0.0977. The van der Waals surface area contributed by atoms with Gasteiger partial charge in [0.05, 0.1) is 34.3 Å². The molecular formula is C24H20N4O2S. The summed E-state index contributed by atoms with van der Waals surface area (Å²) in [5.74, 6) is -0.320. The Morgan fingerprint density at radius 3 is 2.71 bits per heavy atom. The Morgan fingerprint density at radius 1 is 1.03 bits per heavy atom. The normalized spacial score (nSPS) is 16.4. The zero-order valence-corrected chi connectivity index (χ0v) is 17.4. The second-order valence-electron chi connectivity index (χ2n) is 7.39. The van der Waals surface area contributed by atoms with Crippen LogP contribution >= 0.6 is 11.8 Å². The van der Waals surface area contributed by atoms with Crippen LogP contribution in [0.2, 0.25) is 0 Å². The van der Waals surface area contributed by atoms with E-state index in [2.05, 4.69) is 20.6 Å². The molecule has 0 spiro atoms. The number of hydrogen-bond donors (Lipinski definition) is 3. The molecule has 3 N–H and O–H groups in total. The van der Waals surface area contributed by atoms with Crippen molar-refractivity contribution in [2.75, 3.05) is 5.32 Å². The van der Waals surface area contributed by atoms with Crippen LogP contribution in [0.3, 0.4) is 0 Å². The molecule has 0 saturated carbocycles. The quantitative estimate of drug-likeness (QED) is 0.443. The average molecular weight is 429 g/mol. The number of nitrogens with one attached hydrogen (secondary N) is 3. The standard InChI is InChI=1S/C24H20N4O2S/c29-22(13-21-24(30)27-18-8-4-5-9-20(18)31-21)28-23(15-6-2-1-3-7-15)16-10-11-17-19(12-16)26-14-25-17/h1-12,14,21,23H,13H2,(H,25,26)(H,27,30)(H,28,29)/t21-,23+/m1/s1. The number of amides is 2. The second kappa shape index (κ2) is 8.28. The number of para-hydroxylation sites is 1. The number of aromatic nitrogens is 2. The van der Waals surface area contributed by atoms with Gasteiger partial charge >= 0.3 is 0 Å². The third-order valence-electron chi connectivity index (χ3n) is 5.29. The molecule has 0 unspecified atom stereocenters. The monoisotopic (exact) mass is 428 g/mol. The Labute approximate surface area is 183 Å². The number of hydrogen-bond acceptors (Lipinski definition) is 4. The van der Waals surface area contributed by atoms with Crippen LogP contribution < -0.4 is 10.6 Å². The fourth-order valence-electron chi connectivity index (χ4n) is 3.75. The van der Waals surface area contributed by atoms with Crippen LogP contribution in [0, 0.1) is 0 Å². The molecule has 2 atom stereocenters. The van der Waals surface area contributed by atoms with Gasteiger partial charge in [0, 0.05) is 11.3 Å². The summed E-state index contributed by atoms with van der Waals surface area (Å²) in [6, 6.07) is 23.0. The lowest BCUT2D eigenvalue weighted by molar-refractivity contribution is -0.124. The number of anilines is 1. The number of benzene rings is 3. The Balaban J connectivity index is 1.38. The molecule has 31 heavy (non-hydrogen) atoms. The number of fused-ring (bicyclic) bond motifs is 2. The Kier molecular flexibility index (Phi) is 5.18. The molecule has 0 fully saturated rings. The highest BCUT2D eigenvalue weighted by Crippen LogP contribution is 2.36. The Hall–Kier alpha value is -3.58. The fourth-order valence-corrected chi connectivity index (χ4v) is 4.86. The van der Waals surface area contributed by atoms with Crippen molar-refractivity contribution in [3.05, 3.63) is 90.3 Å². The number of carbonyl (C=O) groups is 2. The largest absolute Gasteiger partial charge is 0.345 e. The van der Waals surface area contributed by atoms with Crippen LogP contribution in [-0.4, -0.2) is 27.0 Å².